The van der Waals surface area contributed by atoms with Crippen LogP contribution in [-0.4, -0.2) is 49.5 Å². The van der Waals surface area contributed by atoms with E-state index >= 15 is 0 Å². The normalized spacial score (nSPS) is 28.0. The number of hydrogen-bond acceptors (Lipinski definition) is 3. The second kappa shape index (κ2) is 9.50. The van der Waals surface area contributed by atoms with Gasteiger partial charge in [-0.3, -0.25) is 8.89 Å². The van der Waals surface area contributed by atoms with Gasteiger partial charge in [-0.25, -0.2) is 0 Å². The van der Waals surface area contributed by atoms with Crippen LogP contribution in [0.15, 0.2) is 6.07 Å². The minimum atomic E-state index is -4.40. The van der Waals surface area contributed by atoms with Crippen molar-refractivity contribution in [1.82, 2.24) is 14.7 Å². The fourth-order valence-corrected chi connectivity index (χ4v) is 5.98. The van der Waals surface area contributed by atoms with Crippen LogP contribution in [0.25, 0.3) is 0 Å². The molecule has 0 amide bonds. The smallest absolute Gasteiger partial charge is 0.300 e. The van der Waals surface area contributed by atoms with E-state index in [1.54, 1.807) is 4.68 Å². The molecule has 166 valence electrons. The highest BCUT2D eigenvalue weighted by atomic mass is 32.2. The Bertz CT molecular complexity index is 696. The summed E-state index contributed by atoms with van der Waals surface area (Å²) in [4.78, 5) is 2.55. The van der Waals surface area contributed by atoms with Gasteiger partial charge in [0, 0.05) is 52.5 Å². The fourth-order valence-electron chi connectivity index (χ4n) is 4.95. The number of nitrogens with zero attached hydrogens (tertiary/aromatic N) is 3. The zero-order chi connectivity index (χ0) is 21.2. The molecule has 4 nitrogen and oxygen atoms in total. The lowest BCUT2D eigenvalue weighted by molar-refractivity contribution is -0.141. The summed E-state index contributed by atoms with van der Waals surface area (Å²) < 4.78 is 53.0. The summed E-state index contributed by atoms with van der Waals surface area (Å²) in [6.07, 6.45) is 1.75. The van der Waals surface area contributed by atoms with Gasteiger partial charge in [0.1, 0.15) is 0 Å². The van der Waals surface area contributed by atoms with Crippen molar-refractivity contribution >= 4 is 10.8 Å². The molecule has 1 aliphatic carbocycles. The van der Waals surface area contributed by atoms with Gasteiger partial charge < -0.3 is 4.90 Å². The first kappa shape index (κ1) is 22.8. The molecule has 0 radical (unpaired) electrons. The average molecular weight is 434 g/mol. The van der Waals surface area contributed by atoms with Crippen molar-refractivity contribution in [2.45, 2.75) is 83.5 Å². The minimum Gasteiger partial charge on any atom is -0.300 e. The van der Waals surface area contributed by atoms with E-state index in [4.69, 9.17) is 0 Å². The van der Waals surface area contributed by atoms with Crippen molar-refractivity contribution in [2.24, 2.45) is 5.92 Å². The molecule has 1 aromatic heterocycles. The zero-order valence-electron chi connectivity index (χ0n) is 17.7. The lowest BCUT2D eigenvalue weighted by Gasteiger charge is -2.41. The molecule has 1 saturated heterocycles. The van der Waals surface area contributed by atoms with Gasteiger partial charge in [0.2, 0.25) is 0 Å². The number of alkyl halides is 3. The molecule has 8 heteroatoms. The van der Waals surface area contributed by atoms with E-state index in [9.17, 15) is 17.4 Å². The first-order valence-electron chi connectivity index (χ1n) is 10.9. The van der Waals surface area contributed by atoms with Gasteiger partial charge in [-0.05, 0) is 70.9 Å². The maximum atomic E-state index is 13.2. The number of halogens is 3. The van der Waals surface area contributed by atoms with E-state index < -0.39 is 22.7 Å². The molecule has 1 saturated carbocycles. The molecule has 1 aromatic rings. The largest absolute Gasteiger partial charge is 0.435 e. The maximum Gasteiger partial charge on any atom is 0.435 e. The summed E-state index contributed by atoms with van der Waals surface area (Å²) in [5, 5.41) is 3.86. The Morgan fingerprint density at radius 2 is 1.90 bits per heavy atom. The van der Waals surface area contributed by atoms with Gasteiger partial charge in [-0.2, -0.15) is 18.3 Å². The van der Waals surface area contributed by atoms with Crippen LogP contribution in [0.4, 0.5) is 13.2 Å². The van der Waals surface area contributed by atoms with Crippen molar-refractivity contribution in [3.05, 3.63) is 17.5 Å². The molecule has 0 aromatic carbocycles. The molecule has 2 heterocycles. The molecule has 2 fully saturated rings. The molecule has 2 aliphatic rings. The number of piperidine rings is 1. The molecule has 1 aliphatic heterocycles. The molecule has 2 unspecified atom stereocenters. The molecular weight excluding hydrogens is 399 g/mol. The summed E-state index contributed by atoms with van der Waals surface area (Å²) in [6.45, 7) is 7.85. The molecule has 0 spiro atoms. The van der Waals surface area contributed by atoms with E-state index in [-0.39, 0.29) is 12.0 Å². The fraction of sp³-hybridized carbons (Fsp3) is 0.857. The molecule has 29 heavy (non-hydrogen) atoms. The number of hydrogen-bond donors (Lipinski definition) is 0. The van der Waals surface area contributed by atoms with E-state index in [1.165, 1.54) is 6.07 Å². The van der Waals surface area contributed by atoms with Gasteiger partial charge >= 0.3 is 6.18 Å². The van der Waals surface area contributed by atoms with Gasteiger partial charge in [0.25, 0.3) is 0 Å². The predicted molar refractivity (Wildman–Crippen MR) is 110 cm³/mol. The van der Waals surface area contributed by atoms with Crippen molar-refractivity contribution in [3.8, 4) is 0 Å². The third-order valence-electron chi connectivity index (χ3n) is 6.47. The monoisotopic (exact) mass is 433 g/mol. The lowest BCUT2D eigenvalue weighted by atomic mass is 9.82. The lowest BCUT2D eigenvalue weighted by Crippen LogP contribution is -2.45. The Morgan fingerprint density at radius 1 is 1.21 bits per heavy atom. The van der Waals surface area contributed by atoms with E-state index in [2.05, 4.69) is 10.00 Å². The van der Waals surface area contributed by atoms with Gasteiger partial charge in [0.15, 0.2) is 5.69 Å². The molecule has 2 atom stereocenters. The van der Waals surface area contributed by atoms with Crippen LogP contribution in [0.3, 0.4) is 0 Å². The minimum absolute atomic E-state index is 0.0823. The Morgan fingerprint density at radius 3 is 2.48 bits per heavy atom. The van der Waals surface area contributed by atoms with Gasteiger partial charge in [0.05, 0.1) is 0 Å². The summed E-state index contributed by atoms with van der Waals surface area (Å²) in [5.41, 5.74) is -0.0354. The highest BCUT2D eigenvalue weighted by Crippen LogP contribution is 2.39. The van der Waals surface area contributed by atoms with Crippen molar-refractivity contribution in [1.29, 1.82) is 0 Å². The predicted octanol–water partition coefficient (Wildman–Crippen LogP) is 4.99. The van der Waals surface area contributed by atoms with Crippen LogP contribution in [0.5, 0.6) is 0 Å². The zero-order valence-corrected chi connectivity index (χ0v) is 18.6. The summed E-state index contributed by atoms with van der Waals surface area (Å²) in [6, 6.07) is 1.69. The van der Waals surface area contributed by atoms with Crippen LogP contribution in [0.1, 0.15) is 82.6 Å². The van der Waals surface area contributed by atoms with E-state index in [0.29, 0.717) is 12.0 Å². The highest BCUT2D eigenvalue weighted by Gasteiger charge is 2.37. The Balaban J connectivity index is 1.62. The van der Waals surface area contributed by atoms with Crippen LogP contribution in [0, 0.1) is 5.92 Å². The van der Waals surface area contributed by atoms with E-state index in [1.807, 2.05) is 20.8 Å². The second-order valence-corrected chi connectivity index (χ2v) is 10.7. The quantitative estimate of drug-likeness (QED) is 0.634. The number of aromatic nitrogens is 2. The van der Waals surface area contributed by atoms with Crippen molar-refractivity contribution in [2.75, 3.05) is 24.6 Å². The van der Waals surface area contributed by atoms with Crippen molar-refractivity contribution < 1.29 is 17.4 Å². The molecular formula is C21H34F3N3OS. The molecule has 0 bridgehead atoms. The van der Waals surface area contributed by atoms with E-state index in [0.717, 1.165) is 68.8 Å². The summed E-state index contributed by atoms with van der Waals surface area (Å²) in [5.74, 6) is 2.19. The topological polar surface area (TPSA) is 38.1 Å². The van der Waals surface area contributed by atoms with Crippen LogP contribution in [-0.2, 0) is 17.0 Å². The summed E-state index contributed by atoms with van der Waals surface area (Å²) in [7, 11) is -0.716. The molecule has 0 N–H and O–H groups in total. The van der Waals surface area contributed by atoms with Crippen LogP contribution >= 0.6 is 0 Å². The first-order valence-corrected chi connectivity index (χ1v) is 12.4. The highest BCUT2D eigenvalue weighted by molar-refractivity contribution is 7.84. The number of likely N-dealkylation sites (tertiary alicyclic amines) is 1. The van der Waals surface area contributed by atoms with Crippen LogP contribution < -0.4 is 0 Å². The van der Waals surface area contributed by atoms with Gasteiger partial charge in [-0.15, -0.1) is 0 Å². The maximum absolute atomic E-state index is 13.2. The van der Waals surface area contributed by atoms with Crippen LogP contribution in [0.2, 0.25) is 0 Å². The Kier molecular flexibility index (Phi) is 7.46. The number of rotatable bonds is 6. The first-order chi connectivity index (χ1) is 13.7. The second-order valence-electron chi connectivity index (χ2n) is 8.89. The van der Waals surface area contributed by atoms with Crippen molar-refractivity contribution in [3.63, 3.8) is 0 Å². The average Bonchev–Trinajstić information content (AvgIpc) is 3.14. The molecule has 3 rings (SSSR count). The standard InChI is InChI=1S/C21H34F3N3OS/c1-4-29(28)14-16-6-5-11-26(13-16)18-9-7-17(8-10-18)19-12-20(21(22,23)24)25-27(19)15(2)3/h12,15-18H,4-11,13-14H2,1-3H3. The third-order valence-corrected chi connectivity index (χ3v) is 7.96. The Labute approximate surface area is 174 Å². The van der Waals surface area contributed by atoms with Gasteiger partial charge in [-0.1, -0.05) is 6.92 Å². The Hall–Kier alpha value is -0.890. The third kappa shape index (κ3) is 5.63. The SMILES string of the molecule is CCS(=O)CC1CCCN(C2CCC(c3cc(C(F)(F)F)nn3C(C)C)CC2)C1. The summed E-state index contributed by atoms with van der Waals surface area (Å²) >= 11 is 0.